The van der Waals surface area contributed by atoms with Crippen LogP contribution in [0.15, 0.2) is 58.3 Å². The van der Waals surface area contributed by atoms with Crippen molar-refractivity contribution in [1.29, 1.82) is 5.26 Å². The third-order valence-corrected chi connectivity index (χ3v) is 6.12. The lowest BCUT2D eigenvalue weighted by Crippen LogP contribution is -2.30. The summed E-state index contributed by atoms with van der Waals surface area (Å²) < 4.78 is 57.5. The van der Waals surface area contributed by atoms with Crippen LogP contribution in [0.1, 0.15) is 5.56 Å². The normalized spacial score (nSPS) is 11.4. The summed E-state index contributed by atoms with van der Waals surface area (Å²) >= 11 is 0. The summed E-state index contributed by atoms with van der Waals surface area (Å²) in [5.41, 5.74) is 0.320. The van der Waals surface area contributed by atoms with Gasteiger partial charge in [-0.05, 0) is 42.5 Å². The van der Waals surface area contributed by atoms with E-state index in [1.165, 1.54) is 48.5 Å². The summed E-state index contributed by atoms with van der Waals surface area (Å²) in [7, 11) is -6.77. The van der Waals surface area contributed by atoms with Gasteiger partial charge < -0.3 is 4.74 Å². The Morgan fingerprint density at radius 1 is 1.04 bits per heavy atom. The van der Waals surface area contributed by atoms with Gasteiger partial charge in [0.25, 0.3) is 10.0 Å². The molecule has 0 heterocycles. The first-order valence-electron chi connectivity index (χ1n) is 7.37. The third-order valence-electron chi connectivity index (χ3n) is 3.32. The Kier molecular flexibility index (Phi) is 6.17. The number of ether oxygens (including phenoxy) is 1. The lowest BCUT2D eigenvalue weighted by molar-refractivity contribution is -0.139. The average molecular weight is 409 g/mol. The highest BCUT2D eigenvalue weighted by Gasteiger charge is 2.18. The number of nitrogens with zero attached hydrogens (tertiary/aromatic N) is 1. The lowest BCUT2D eigenvalue weighted by atomic mass is 10.2. The van der Waals surface area contributed by atoms with Crippen LogP contribution in [0, 0.1) is 11.3 Å². The zero-order chi connectivity index (χ0) is 20.1. The van der Waals surface area contributed by atoms with E-state index >= 15 is 0 Å². The molecule has 2 rings (SSSR count). The molecule has 2 N–H and O–H groups in total. The molecule has 0 radical (unpaired) electrons. The SMILES string of the molecule is COC(=O)CNS(=O)(=O)c1ccc(NS(=O)(=O)c2cccc(C#N)c2)cc1. The smallest absolute Gasteiger partial charge is 0.320 e. The number of methoxy groups -OCH3 is 1. The molecule has 0 aliphatic rings. The van der Waals surface area contributed by atoms with Crippen LogP contribution in [0.3, 0.4) is 0 Å². The monoisotopic (exact) mass is 409 g/mol. The molecule has 2 aromatic rings. The topological polar surface area (TPSA) is 142 Å². The molecule has 0 saturated heterocycles. The highest BCUT2D eigenvalue weighted by molar-refractivity contribution is 7.92. The van der Waals surface area contributed by atoms with Crippen molar-refractivity contribution in [1.82, 2.24) is 4.72 Å². The third kappa shape index (κ3) is 5.27. The van der Waals surface area contributed by atoms with E-state index in [0.717, 1.165) is 7.11 Å². The number of hydrogen-bond donors (Lipinski definition) is 2. The number of rotatable bonds is 7. The molecule has 27 heavy (non-hydrogen) atoms. The largest absolute Gasteiger partial charge is 0.468 e. The predicted molar refractivity (Wildman–Crippen MR) is 95.6 cm³/mol. The highest BCUT2D eigenvalue weighted by Crippen LogP contribution is 2.19. The zero-order valence-electron chi connectivity index (χ0n) is 14.0. The van der Waals surface area contributed by atoms with Crippen LogP contribution < -0.4 is 9.44 Å². The number of benzene rings is 2. The summed E-state index contributed by atoms with van der Waals surface area (Å²) in [4.78, 5) is 10.8. The Labute approximate surface area is 156 Å². The van der Waals surface area contributed by atoms with Gasteiger partial charge in [0.1, 0.15) is 6.54 Å². The second-order valence-electron chi connectivity index (χ2n) is 5.17. The van der Waals surface area contributed by atoms with E-state index in [1.54, 1.807) is 0 Å². The van der Waals surface area contributed by atoms with Gasteiger partial charge in [0.05, 0.1) is 28.5 Å². The van der Waals surface area contributed by atoms with Crippen LogP contribution in [0.5, 0.6) is 0 Å². The zero-order valence-corrected chi connectivity index (χ0v) is 15.7. The molecule has 0 bridgehead atoms. The minimum absolute atomic E-state index is 0.0991. The molecule has 2 aromatic carbocycles. The van der Waals surface area contributed by atoms with Crippen LogP contribution in [0.4, 0.5) is 5.69 Å². The van der Waals surface area contributed by atoms with Crippen molar-refractivity contribution in [2.24, 2.45) is 0 Å². The first kappa shape index (κ1) is 20.4. The fourth-order valence-electron chi connectivity index (χ4n) is 1.96. The van der Waals surface area contributed by atoms with Gasteiger partial charge in [0.15, 0.2) is 0 Å². The number of nitrogens with one attached hydrogen (secondary N) is 2. The minimum Gasteiger partial charge on any atom is -0.468 e. The van der Waals surface area contributed by atoms with E-state index in [0.29, 0.717) is 0 Å². The van der Waals surface area contributed by atoms with Crippen LogP contribution in [-0.4, -0.2) is 36.5 Å². The molecule has 0 aliphatic heterocycles. The Hall–Kier alpha value is -2.94. The fourth-order valence-corrected chi connectivity index (χ4v) is 4.03. The van der Waals surface area contributed by atoms with Gasteiger partial charge in [0.2, 0.25) is 10.0 Å². The van der Waals surface area contributed by atoms with Gasteiger partial charge in [0, 0.05) is 5.69 Å². The molecule has 0 saturated carbocycles. The van der Waals surface area contributed by atoms with E-state index in [1.807, 2.05) is 6.07 Å². The van der Waals surface area contributed by atoms with Crippen molar-refractivity contribution in [3.05, 3.63) is 54.1 Å². The van der Waals surface area contributed by atoms with Gasteiger partial charge in [-0.15, -0.1) is 0 Å². The van der Waals surface area contributed by atoms with Crippen LogP contribution in [0.25, 0.3) is 0 Å². The highest BCUT2D eigenvalue weighted by atomic mass is 32.2. The molecule has 0 unspecified atom stereocenters. The molecule has 0 spiro atoms. The molecule has 0 aliphatic carbocycles. The van der Waals surface area contributed by atoms with Gasteiger partial charge >= 0.3 is 5.97 Å². The van der Waals surface area contributed by atoms with Crippen molar-refractivity contribution in [2.45, 2.75) is 9.79 Å². The van der Waals surface area contributed by atoms with Crippen LogP contribution in [0.2, 0.25) is 0 Å². The van der Waals surface area contributed by atoms with E-state index in [4.69, 9.17) is 5.26 Å². The average Bonchev–Trinajstić information content (AvgIpc) is 2.66. The second kappa shape index (κ2) is 8.17. The molecular weight excluding hydrogens is 394 g/mol. The van der Waals surface area contributed by atoms with Gasteiger partial charge in [-0.1, -0.05) is 6.07 Å². The van der Waals surface area contributed by atoms with Crippen molar-refractivity contribution >= 4 is 31.7 Å². The lowest BCUT2D eigenvalue weighted by Gasteiger charge is -2.10. The second-order valence-corrected chi connectivity index (χ2v) is 8.62. The minimum atomic E-state index is -3.95. The Morgan fingerprint density at radius 2 is 1.70 bits per heavy atom. The number of carbonyl (C=O) groups excluding carboxylic acids is 1. The molecule has 0 fully saturated rings. The molecule has 0 amide bonds. The van der Waals surface area contributed by atoms with E-state index in [2.05, 4.69) is 14.2 Å². The Morgan fingerprint density at radius 3 is 2.30 bits per heavy atom. The van der Waals surface area contributed by atoms with Gasteiger partial charge in [-0.3, -0.25) is 9.52 Å². The Bertz CT molecular complexity index is 1090. The summed E-state index contributed by atoms with van der Waals surface area (Å²) in [6.07, 6.45) is 0. The number of carbonyl (C=O) groups is 1. The number of sulfonamides is 2. The molecule has 0 aromatic heterocycles. The number of esters is 1. The summed E-state index contributed by atoms with van der Waals surface area (Å²) in [6.45, 7) is -0.525. The molecule has 0 atom stereocenters. The molecular formula is C16H15N3O6S2. The first-order valence-corrected chi connectivity index (χ1v) is 10.3. The number of hydrogen-bond acceptors (Lipinski definition) is 7. The van der Waals surface area contributed by atoms with Gasteiger partial charge in [-0.2, -0.15) is 9.98 Å². The summed E-state index contributed by atoms with van der Waals surface area (Å²) in [5.74, 6) is -0.748. The van der Waals surface area contributed by atoms with Crippen LogP contribution in [-0.2, 0) is 29.6 Å². The maximum absolute atomic E-state index is 12.4. The van der Waals surface area contributed by atoms with Crippen molar-refractivity contribution in [2.75, 3.05) is 18.4 Å². The summed E-state index contributed by atoms with van der Waals surface area (Å²) in [6, 6.07) is 12.2. The molecule has 9 nitrogen and oxygen atoms in total. The van der Waals surface area contributed by atoms with Crippen molar-refractivity contribution < 1.29 is 26.4 Å². The molecule has 11 heteroatoms. The molecule has 142 valence electrons. The van der Waals surface area contributed by atoms with E-state index in [-0.39, 0.29) is 21.0 Å². The van der Waals surface area contributed by atoms with Crippen LogP contribution >= 0.6 is 0 Å². The standard InChI is InChI=1S/C16H15N3O6S2/c1-25-16(20)11-18-26(21,22)14-7-5-13(6-8-14)19-27(23,24)15-4-2-3-12(9-15)10-17/h2-9,18-19H,11H2,1H3. The number of anilines is 1. The predicted octanol–water partition coefficient (Wildman–Crippen LogP) is 0.810. The quantitative estimate of drug-likeness (QED) is 0.644. The number of nitriles is 1. The Balaban J connectivity index is 2.17. The van der Waals surface area contributed by atoms with Gasteiger partial charge in [-0.25, -0.2) is 16.8 Å². The van der Waals surface area contributed by atoms with E-state index in [9.17, 15) is 21.6 Å². The summed E-state index contributed by atoms with van der Waals surface area (Å²) in [5, 5.41) is 8.86. The van der Waals surface area contributed by atoms with Crippen molar-refractivity contribution in [3.8, 4) is 6.07 Å². The first-order chi connectivity index (χ1) is 12.7. The maximum atomic E-state index is 12.4. The maximum Gasteiger partial charge on any atom is 0.320 e. The fraction of sp³-hybridized carbons (Fsp3) is 0.125. The van der Waals surface area contributed by atoms with E-state index < -0.39 is 32.6 Å². The van der Waals surface area contributed by atoms with Crippen molar-refractivity contribution in [3.63, 3.8) is 0 Å².